The number of ether oxygens (including phenoxy) is 1. The van der Waals surface area contributed by atoms with Crippen molar-refractivity contribution in [2.24, 2.45) is 16.9 Å². The molecule has 22 heteroatoms. The Kier molecular flexibility index (Phi) is 20.0. The normalized spacial score (nSPS) is 21.3. The Morgan fingerprint density at radius 1 is 1.00 bits per heavy atom. The Balaban J connectivity index is 0.00000963. The molecule has 7 amide bonds. The highest BCUT2D eigenvalue weighted by atomic mass is 35.5. The summed E-state index contributed by atoms with van der Waals surface area (Å²) < 4.78 is 21.1. The van der Waals surface area contributed by atoms with Crippen molar-refractivity contribution in [2.75, 3.05) is 26.2 Å². The number of thiazole rings is 1. The van der Waals surface area contributed by atoms with Crippen LogP contribution in [0.2, 0.25) is 5.02 Å². The van der Waals surface area contributed by atoms with Gasteiger partial charge in [-0.05, 0) is 80.5 Å². The molecule has 3 aromatic rings. The van der Waals surface area contributed by atoms with Gasteiger partial charge in [0.05, 0.1) is 39.3 Å². The number of nitrogens with two attached hydrogens (primary N) is 2. The fourth-order valence-electron chi connectivity index (χ4n) is 9.54. The number of likely N-dealkylation sites (tertiary alicyclic amines) is 1. The van der Waals surface area contributed by atoms with Gasteiger partial charge in [0.1, 0.15) is 42.3 Å². The number of nitrogens with one attached hydrogen (secondary N) is 3. The number of carbonyl (C=O) groups is 7. The maximum Gasteiger partial charge on any atom is 0.246 e. The zero-order chi connectivity index (χ0) is 51.9. The molecule has 4 heterocycles. The molecule has 3 fully saturated rings. The SMILES string of the molecule is CC(=O)N1CC[C@H]2CC[C@@H](C(=O)N[C@@H](CCC(N)=O)COc3cc(F)cc(CCCC(=O)N[C@H](C(=O)N4C[C@H](O)C[C@H]4C(=O)N[C@@H](C)c4ccc(-c5scnc5C)cc4)C(C)(C)C)c3Cl)N2C(=O)[C@@H](N)C1.Cl. The molecule has 3 saturated heterocycles. The number of amides is 7. The van der Waals surface area contributed by atoms with Gasteiger partial charge in [0.2, 0.25) is 41.4 Å². The van der Waals surface area contributed by atoms with Crippen LogP contribution < -0.4 is 32.2 Å². The topological polar surface area (TPSA) is 260 Å². The van der Waals surface area contributed by atoms with Crippen LogP contribution in [0.25, 0.3) is 10.4 Å². The van der Waals surface area contributed by atoms with Crippen molar-refractivity contribution in [1.82, 2.24) is 35.6 Å². The lowest BCUT2D eigenvalue weighted by Crippen LogP contribution is -2.59. The first-order valence-corrected chi connectivity index (χ1v) is 25.4. The number of hydrogen-bond donors (Lipinski definition) is 6. The van der Waals surface area contributed by atoms with Crippen LogP contribution in [0.1, 0.15) is 109 Å². The fourth-order valence-corrected chi connectivity index (χ4v) is 10.6. The van der Waals surface area contributed by atoms with E-state index in [2.05, 4.69) is 20.9 Å². The van der Waals surface area contributed by atoms with Gasteiger partial charge < -0.3 is 52.0 Å². The lowest BCUT2D eigenvalue weighted by Gasteiger charge is -2.37. The summed E-state index contributed by atoms with van der Waals surface area (Å²) in [4.78, 5) is 102. The van der Waals surface area contributed by atoms with Crippen molar-refractivity contribution >= 4 is 76.7 Å². The predicted octanol–water partition coefficient (Wildman–Crippen LogP) is 4.09. The van der Waals surface area contributed by atoms with E-state index in [0.717, 1.165) is 27.8 Å². The van der Waals surface area contributed by atoms with Crippen LogP contribution >= 0.6 is 35.3 Å². The molecule has 394 valence electrons. The van der Waals surface area contributed by atoms with E-state index in [9.17, 15) is 38.7 Å². The molecular formula is C50H68Cl2FN9O9S. The van der Waals surface area contributed by atoms with Crippen molar-refractivity contribution < 1.29 is 47.8 Å². The van der Waals surface area contributed by atoms with E-state index in [-0.39, 0.29) is 93.3 Å². The Morgan fingerprint density at radius 3 is 2.33 bits per heavy atom. The van der Waals surface area contributed by atoms with E-state index in [0.29, 0.717) is 31.4 Å². The maximum absolute atomic E-state index is 15.1. The number of carbonyl (C=O) groups excluding carboxylic acids is 7. The van der Waals surface area contributed by atoms with Crippen LogP contribution in [0.3, 0.4) is 0 Å². The second-order valence-electron chi connectivity index (χ2n) is 20.0. The molecule has 3 aliphatic rings. The summed E-state index contributed by atoms with van der Waals surface area (Å²) in [6.07, 6.45) is 0.676. The molecule has 8 atom stereocenters. The van der Waals surface area contributed by atoms with Crippen LogP contribution in [0.5, 0.6) is 5.75 Å². The molecule has 3 aliphatic heterocycles. The third-order valence-electron chi connectivity index (χ3n) is 13.5. The number of nitrogens with zero attached hydrogens (tertiary/aromatic N) is 4. The highest BCUT2D eigenvalue weighted by molar-refractivity contribution is 7.13. The number of aryl methyl sites for hydroxylation is 2. The van der Waals surface area contributed by atoms with E-state index in [1.807, 2.05) is 38.1 Å². The van der Waals surface area contributed by atoms with Crippen LogP contribution in [-0.2, 0) is 40.0 Å². The number of aromatic nitrogens is 1. The molecule has 0 bridgehead atoms. The molecule has 0 spiro atoms. The molecule has 18 nitrogen and oxygen atoms in total. The average molecular weight is 1060 g/mol. The molecule has 0 radical (unpaired) electrons. The summed E-state index contributed by atoms with van der Waals surface area (Å²) >= 11 is 8.29. The molecule has 72 heavy (non-hydrogen) atoms. The number of aliphatic hydroxyl groups is 1. The average Bonchev–Trinajstić information content (AvgIpc) is 4.05. The molecule has 0 unspecified atom stereocenters. The van der Waals surface area contributed by atoms with Crippen molar-refractivity contribution in [3.05, 3.63) is 69.6 Å². The number of primary amides is 1. The second-order valence-corrected chi connectivity index (χ2v) is 21.2. The number of β-amino-alcohol motifs (C(OH)–C–C–N with tert-alkyl or cyclic N) is 1. The molecule has 0 aliphatic carbocycles. The Morgan fingerprint density at radius 2 is 1.69 bits per heavy atom. The molecule has 1 aromatic heterocycles. The van der Waals surface area contributed by atoms with Crippen LogP contribution in [0, 0.1) is 18.2 Å². The van der Waals surface area contributed by atoms with Crippen molar-refractivity contribution in [2.45, 2.75) is 148 Å². The predicted molar refractivity (Wildman–Crippen MR) is 272 cm³/mol. The van der Waals surface area contributed by atoms with E-state index < -0.39 is 89.0 Å². The smallest absolute Gasteiger partial charge is 0.246 e. The zero-order valence-electron chi connectivity index (χ0n) is 41.6. The Hall–Kier alpha value is -5.41. The monoisotopic (exact) mass is 1060 g/mol. The van der Waals surface area contributed by atoms with Gasteiger partial charge in [-0.2, -0.15) is 0 Å². The van der Waals surface area contributed by atoms with E-state index in [1.165, 1.54) is 27.7 Å². The summed E-state index contributed by atoms with van der Waals surface area (Å²) in [5.74, 6) is -3.84. The summed E-state index contributed by atoms with van der Waals surface area (Å²) in [6, 6.07) is 4.72. The molecule has 8 N–H and O–H groups in total. The highest BCUT2D eigenvalue weighted by Gasteiger charge is 2.46. The number of halogens is 3. The van der Waals surface area contributed by atoms with Crippen molar-refractivity contribution in [3.8, 4) is 16.2 Å². The highest BCUT2D eigenvalue weighted by Crippen LogP contribution is 2.34. The van der Waals surface area contributed by atoms with Gasteiger partial charge in [0.25, 0.3) is 0 Å². The maximum atomic E-state index is 15.1. The fraction of sp³-hybridized carbons (Fsp3) is 0.560. The van der Waals surface area contributed by atoms with Crippen LogP contribution in [0.4, 0.5) is 4.39 Å². The first kappa shape index (κ1) is 57.5. The number of benzene rings is 2. The molecule has 2 aromatic carbocycles. The van der Waals surface area contributed by atoms with Crippen LogP contribution in [0.15, 0.2) is 41.9 Å². The molecular weight excluding hydrogens is 993 g/mol. The van der Waals surface area contributed by atoms with Gasteiger partial charge >= 0.3 is 0 Å². The van der Waals surface area contributed by atoms with Gasteiger partial charge in [-0.3, -0.25) is 33.6 Å². The quantitative estimate of drug-likeness (QED) is 0.106. The third-order valence-corrected chi connectivity index (χ3v) is 14.9. The number of rotatable bonds is 18. The van der Waals surface area contributed by atoms with Gasteiger partial charge in [0, 0.05) is 57.9 Å². The third kappa shape index (κ3) is 14.4. The van der Waals surface area contributed by atoms with E-state index >= 15 is 4.39 Å². The van der Waals surface area contributed by atoms with Crippen molar-refractivity contribution in [3.63, 3.8) is 0 Å². The largest absolute Gasteiger partial charge is 0.490 e. The molecule has 0 saturated carbocycles. The summed E-state index contributed by atoms with van der Waals surface area (Å²) in [5, 5.41) is 19.5. The standard InChI is InChI=1S/C50H67ClFN9O9S.ClH/c1-27(30-10-12-31(13-11-30)44-28(2)55-26-71-44)56-47(67)39-22-36(63)23-60(39)49(69)45(50(4,5)6)58-42(65)9-7-8-32-20-33(52)21-40(43(32)51)70-25-34(14-17-41(54)64)57-46(66)38-16-15-35-18-19-59(29(3)62)24-37(53)48(68)61(35)38;/h10-13,20-21,26-27,34-39,45,63H,7-9,14-19,22-25,53H2,1-6H3,(H2,54,64)(H,56,67)(H,57,66)(H,58,65);1H/t27-,34-,35+,36+,37-,38-,39-,45+;/m0./s1. The minimum absolute atomic E-state index is 0. The van der Waals surface area contributed by atoms with E-state index in [1.54, 1.807) is 37.6 Å². The lowest BCUT2D eigenvalue weighted by atomic mass is 9.85. The lowest BCUT2D eigenvalue weighted by molar-refractivity contribution is -0.144. The zero-order valence-corrected chi connectivity index (χ0v) is 44.0. The number of aliphatic hydroxyl groups excluding tert-OH is 1. The first-order chi connectivity index (χ1) is 33.5. The number of hydrogen-bond acceptors (Lipinski definition) is 12. The summed E-state index contributed by atoms with van der Waals surface area (Å²) in [6.45, 7) is 10.7. The Labute approximate surface area is 434 Å². The van der Waals surface area contributed by atoms with Crippen molar-refractivity contribution in [1.29, 1.82) is 0 Å². The minimum Gasteiger partial charge on any atom is -0.490 e. The minimum atomic E-state index is -1.06. The van der Waals surface area contributed by atoms with Gasteiger partial charge in [-0.1, -0.05) is 56.6 Å². The van der Waals surface area contributed by atoms with Gasteiger partial charge in [-0.25, -0.2) is 9.37 Å². The van der Waals surface area contributed by atoms with Gasteiger partial charge in [0.15, 0.2) is 0 Å². The van der Waals surface area contributed by atoms with Crippen LogP contribution in [-0.4, -0.2) is 135 Å². The number of fused-ring (bicyclic) bond motifs is 1. The summed E-state index contributed by atoms with van der Waals surface area (Å²) in [5.41, 5.74) is 15.8. The summed E-state index contributed by atoms with van der Waals surface area (Å²) in [7, 11) is 0. The Bertz CT molecular complexity index is 2460. The van der Waals surface area contributed by atoms with E-state index in [4.69, 9.17) is 27.8 Å². The van der Waals surface area contributed by atoms with Gasteiger partial charge in [-0.15, -0.1) is 23.7 Å². The first-order valence-electron chi connectivity index (χ1n) is 24.1. The molecule has 6 rings (SSSR count). The second kappa shape index (κ2) is 25.0.